The molecule has 2 saturated heterocycles. The number of anilines is 1. The molecule has 2 aliphatic heterocycles. The molecule has 0 spiro atoms. The summed E-state index contributed by atoms with van der Waals surface area (Å²) in [4.78, 5) is 20.9. The zero-order valence-corrected chi connectivity index (χ0v) is 15.5. The lowest BCUT2D eigenvalue weighted by Gasteiger charge is -2.38. The number of amides is 1. The molecule has 2 fully saturated rings. The summed E-state index contributed by atoms with van der Waals surface area (Å²) in [7, 11) is 0. The molecule has 0 aliphatic carbocycles. The fraction of sp³-hybridized carbons (Fsp3) is 0.611. The molecule has 8 heteroatoms. The van der Waals surface area contributed by atoms with Gasteiger partial charge in [-0.05, 0) is 26.8 Å². The van der Waals surface area contributed by atoms with Crippen molar-refractivity contribution >= 4 is 17.4 Å². The lowest BCUT2D eigenvalue weighted by Crippen LogP contribution is -2.50. The molecule has 2 aromatic heterocycles. The van der Waals surface area contributed by atoms with Gasteiger partial charge in [0, 0.05) is 32.1 Å². The van der Waals surface area contributed by atoms with Crippen molar-refractivity contribution in [2.45, 2.75) is 32.3 Å². The van der Waals surface area contributed by atoms with Gasteiger partial charge in [0.2, 0.25) is 0 Å². The predicted octanol–water partition coefficient (Wildman–Crippen LogP) is 1.90. The molecule has 0 atom stereocenters. The van der Waals surface area contributed by atoms with Gasteiger partial charge in [0.15, 0.2) is 5.65 Å². The summed E-state index contributed by atoms with van der Waals surface area (Å²) in [5.41, 5.74) is 2.44. The summed E-state index contributed by atoms with van der Waals surface area (Å²) in [5.74, 6) is 0.224. The quantitative estimate of drug-likeness (QED) is 0.816. The molecule has 26 heavy (non-hydrogen) atoms. The minimum absolute atomic E-state index is 0.224. The summed E-state index contributed by atoms with van der Waals surface area (Å²) in [6.07, 6.45) is 3.51. The van der Waals surface area contributed by atoms with Crippen LogP contribution in [0.15, 0.2) is 18.5 Å². The predicted molar refractivity (Wildman–Crippen MR) is 96.6 cm³/mol. The van der Waals surface area contributed by atoms with Gasteiger partial charge in [-0.15, -0.1) is 0 Å². The van der Waals surface area contributed by atoms with Crippen LogP contribution < -0.4 is 4.90 Å². The topological polar surface area (TPSA) is 72.2 Å². The number of likely N-dealkylation sites (tertiary alicyclic amines) is 1. The van der Waals surface area contributed by atoms with Crippen LogP contribution in [0, 0.1) is 0 Å². The second-order valence-electron chi connectivity index (χ2n) is 7.83. The molecule has 0 saturated carbocycles. The van der Waals surface area contributed by atoms with Crippen molar-refractivity contribution in [1.82, 2.24) is 19.5 Å². The van der Waals surface area contributed by atoms with Crippen molar-refractivity contribution in [2.24, 2.45) is 0 Å². The number of rotatable bonds is 2. The molecular weight excluding hydrogens is 334 g/mol. The highest BCUT2D eigenvalue weighted by Crippen LogP contribution is 2.30. The SMILES string of the molecule is CC(C)(C)OC(=O)N1CC(c2cn3nccc(N4CCOCC4)c3n2)C1. The lowest BCUT2D eigenvalue weighted by molar-refractivity contribution is 0.00791. The fourth-order valence-electron chi connectivity index (χ4n) is 3.29. The fourth-order valence-corrected chi connectivity index (χ4v) is 3.29. The molecule has 1 amide bonds. The van der Waals surface area contributed by atoms with Gasteiger partial charge in [0.25, 0.3) is 0 Å². The van der Waals surface area contributed by atoms with Gasteiger partial charge in [-0.2, -0.15) is 5.10 Å². The van der Waals surface area contributed by atoms with Gasteiger partial charge in [0.1, 0.15) is 5.60 Å². The highest BCUT2D eigenvalue weighted by atomic mass is 16.6. The van der Waals surface area contributed by atoms with Crippen LogP contribution in [0.3, 0.4) is 0 Å². The monoisotopic (exact) mass is 359 g/mol. The maximum absolute atomic E-state index is 12.1. The minimum Gasteiger partial charge on any atom is -0.444 e. The van der Waals surface area contributed by atoms with Crippen molar-refractivity contribution in [3.05, 3.63) is 24.2 Å². The van der Waals surface area contributed by atoms with Crippen LogP contribution >= 0.6 is 0 Å². The van der Waals surface area contributed by atoms with E-state index in [0.29, 0.717) is 13.1 Å². The third kappa shape index (κ3) is 3.33. The number of imidazole rings is 1. The van der Waals surface area contributed by atoms with E-state index >= 15 is 0 Å². The smallest absolute Gasteiger partial charge is 0.410 e. The van der Waals surface area contributed by atoms with E-state index in [1.54, 1.807) is 11.1 Å². The molecule has 0 bridgehead atoms. The number of hydrogen-bond donors (Lipinski definition) is 0. The summed E-state index contributed by atoms with van der Waals surface area (Å²) < 4.78 is 12.7. The van der Waals surface area contributed by atoms with Crippen LogP contribution in [0.25, 0.3) is 5.65 Å². The summed E-state index contributed by atoms with van der Waals surface area (Å²) in [6, 6.07) is 2.01. The molecule has 8 nitrogen and oxygen atoms in total. The first-order valence-electron chi connectivity index (χ1n) is 9.05. The number of fused-ring (bicyclic) bond motifs is 1. The van der Waals surface area contributed by atoms with Gasteiger partial charge in [-0.3, -0.25) is 0 Å². The molecule has 0 aromatic carbocycles. The van der Waals surface area contributed by atoms with Crippen LogP contribution in [0.1, 0.15) is 32.4 Å². The molecular formula is C18H25N5O3. The van der Waals surface area contributed by atoms with Crippen molar-refractivity contribution in [3.8, 4) is 0 Å². The summed E-state index contributed by atoms with van der Waals surface area (Å²) in [6.45, 7) is 10.1. The van der Waals surface area contributed by atoms with Gasteiger partial charge in [-0.25, -0.2) is 14.3 Å². The Hall–Kier alpha value is -2.35. The molecule has 0 radical (unpaired) electrons. The summed E-state index contributed by atoms with van der Waals surface area (Å²) in [5, 5.41) is 4.39. The molecule has 140 valence electrons. The first-order valence-corrected chi connectivity index (χ1v) is 9.05. The first-order chi connectivity index (χ1) is 12.4. The third-order valence-corrected chi connectivity index (χ3v) is 4.66. The summed E-state index contributed by atoms with van der Waals surface area (Å²) >= 11 is 0. The Balaban J connectivity index is 1.48. The molecule has 0 N–H and O–H groups in total. The van der Waals surface area contributed by atoms with Crippen molar-refractivity contribution in [3.63, 3.8) is 0 Å². The van der Waals surface area contributed by atoms with Crippen molar-refractivity contribution in [2.75, 3.05) is 44.3 Å². The maximum atomic E-state index is 12.1. The minimum atomic E-state index is -0.470. The average Bonchev–Trinajstić information content (AvgIpc) is 2.96. The standard InChI is InChI=1S/C18H25N5O3/c1-18(2,3)26-17(24)22-10-13(11-22)14-12-23-16(20-14)15(4-5-19-23)21-6-8-25-9-7-21/h4-5,12-13H,6-11H2,1-3H3. The molecule has 0 unspecified atom stereocenters. The van der Waals surface area contributed by atoms with E-state index in [2.05, 4.69) is 10.00 Å². The Kier molecular flexibility index (Phi) is 4.22. The Labute approximate surface area is 152 Å². The average molecular weight is 359 g/mol. The highest BCUT2D eigenvalue weighted by molar-refractivity contribution is 5.70. The number of carbonyl (C=O) groups excluding carboxylic acids is 1. The Morgan fingerprint density at radius 2 is 2.00 bits per heavy atom. The first kappa shape index (κ1) is 17.1. The Morgan fingerprint density at radius 3 is 2.69 bits per heavy atom. The number of hydrogen-bond acceptors (Lipinski definition) is 6. The second kappa shape index (κ2) is 6.42. The lowest BCUT2D eigenvalue weighted by atomic mass is 9.98. The van der Waals surface area contributed by atoms with E-state index < -0.39 is 5.60 Å². The number of carbonyl (C=O) groups is 1. The number of ether oxygens (including phenoxy) is 2. The van der Waals surface area contributed by atoms with Gasteiger partial charge in [-0.1, -0.05) is 0 Å². The molecule has 2 aromatic rings. The zero-order valence-electron chi connectivity index (χ0n) is 15.5. The number of nitrogens with zero attached hydrogens (tertiary/aromatic N) is 5. The highest BCUT2D eigenvalue weighted by Gasteiger charge is 2.36. The van der Waals surface area contributed by atoms with Gasteiger partial charge >= 0.3 is 6.09 Å². The Morgan fingerprint density at radius 1 is 1.27 bits per heavy atom. The van der Waals surface area contributed by atoms with Crippen molar-refractivity contribution in [1.29, 1.82) is 0 Å². The van der Waals surface area contributed by atoms with Crippen LogP contribution in [0.4, 0.5) is 10.5 Å². The molecule has 4 heterocycles. The second-order valence-corrected chi connectivity index (χ2v) is 7.83. The van der Waals surface area contributed by atoms with Crippen LogP contribution in [-0.4, -0.2) is 70.6 Å². The van der Waals surface area contributed by atoms with E-state index in [-0.39, 0.29) is 12.0 Å². The van der Waals surface area contributed by atoms with Gasteiger partial charge < -0.3 is 19.3 Å². The normalized spacial score (nSPS) is 18.9. The maximum Gasteiger partial charge on any atom is 0.410 e. The van der Waals surface area contributed by atoms with E-state index in [1.807, 2.05) is 37.5 Å². The molecule has 2 aliphatic rings. The van der Waals surface area contributed by atoms with Crippen LogP contribution in [0.5, 0.6) is 0 Å². The van der Waals surface area contributed by atoms with E-state index in [9.17, 15) is 4.79 Å². The number of aromatic nitrogens is 3. The zero-order chi connectivity index (χ0) is 18.3. The van der Waals surface area contributed by atoms with Crippen LogP contribution in [-0.2, 0) is 9.47 Å². The Bertz CT molecular complexity index is 801. The largest absolute Gasteiger partial charge is 0.444 e. The van der Waals surface area contributed by atoms with E-state index in [0.717, 1.165) is 43.3 Å². The van der Waals surface area contributed by atoms with Gasteiger partial charge in [0.05, 0.1) is 37.0 Å². The molecule has 4 rings (SSSR count). The number of morpholine rings is 1. The van der Waals surface area contributed by atoms with E-state index in [4.69, 9.17) is 14.5 Å². The third-order valence-electron chi connectivity index (χ3n) is 4.66. The van der Waals surface area contributed by atoms with Crippen LogP contribution in [0.2, 0.25) is 0 Å². The van der Waals surface area contributed by atoms with Crippen molar-refractivity contribution < 1.29 is 14.3 Å². The van der Waals surface area contributed by atoms with E-state index in [1.165, 1.54) is 0 Å².